The van der Waals surface area contributed by atoms with Crippen molar-refractivity contribution in [3.63, 3.8) is 0 Å². The molecule has 2 aliphatic rings. The number of nitrogens with zero attached hydrogens (tertiary/aromatic N) is 1. The van der Waals surface area contributed by atoms with E-state index in [4.69, 9.17) is 10.5 Å². The predicted octanol–water partition coefficient (Wildman–Crippen LogP) is 5.15. The summed E-state index contributed by atoms with van der Waals surface area (Å²) >= 11 is 0. The molecule has 2 amide bonds. The third kappa shape index (κ3) is 5.56. The average Bonchev–Trinajstić information content (AvgIpc) is 2.92. The molecule has 1 heterocycles. The van der Waals surface area contributed by atoms with Gasteiger partial charge in [-0.1, -0.05) is 48.5 Å². The molecule has 0 spiro atoms. The molecule has 3 aromatic carbocycles. The van der Waals surface area contributed by atoms with Crippen LogP contribution < -0.4 is 20.7 Å². The zero-order chi connectivity index (χ0) is 25.8. The summed E-state index contributed by atoms with van der Waals surface area (Å²) in [5, 5.41) is 2.86. The minimum atomic E-state index is -0.450. The van der Waals surface area contributed by atoms with Crippen molar-refractivity contribution in [2.45, 2.75) is 19.4 Å². The van der Waals surface area contributed by atoms with E-state index >= 15 is 0 Å². The Morgan fingerprint density at radius 2 is 1.86 bits per heavy atom. The number of allylic oxidation sites excluding steroid dienone is 2. The van der Waals surface area contributed by atoms with Crippen LogP contribution in [-0.2, 0) is 6.54 Å². The van der Waals surface area contributed by atoms with E-state index in [1.165, 1.54) is 6.08 Å². The molecule has 188 valence electrons. The number of rotatable bonds is 7. The molecule has 37 heavy (non-hydrogen) atoms. The lowest BCUT2D eigenvalue weighted by Crippen LogP contribution is -2.32. The first-order valence-corrected chi connectivity index (χ1v) is 12.3. The summed E-state index contributed by atoms with van der Waals surface area (Å²) in [5.41, 5.74) is 11.1. The molecule has 0 saturated carbocycles. The number of hydrogen-bond donors (Lipinski definition) is 2. The van der Waals surface area contributed by atoms with Gasteiger partial charge in [-0.15, -0.1) is 0 Å². The molecular weight excluding hydrogens is 469 g/mol. The standard InChI is InChI=1S/C30H28FN3O3/c31-24-5-3-4-21(16-24)18-33-30(36)23-12-13-27-28(17-23)37-15-14-34(27)19-20-8-10-22(11-9-20)25-6-1-2-7-26(25)29(32)35/h1-2,4,6-13,16-17H,3,5,14-15,18-19H2,(H2,32,35)(H,33,36). The molecule has 0 bridgehead atoms. The fourth-order valence-corrected chi connectivity index (χ4v) is 4.68. The van der Waals surface area contributed by atoms with E-state index in [-0.39, 0.29) is 18.3 Å². The summed E-state index contributed by atoms with van der Waals surface area (Å²) in [4.78, 5) is 26.7. The van der Waals surface area contributed by atoms with Gasteiger partial charge in [0.15, 0.2) is 0 Å². The summed E-state index contributed by atoms with van der Waals surface area (Å²) in [6.45, 7) is 2.19. The topological polar surface area (TPSA) is 84.7 Å². The van der Waals surface area contributed by atoms with Crippen molar-refractivity contribution in [3.8, 4) is 16.9 Å². The fourth-order valence-electron chi connectivity index (χ4n) is 4.68. The van der Waals surface area contributed by atoms with Crippen LogP contribution in [0.2, 0.25) is 0 Å². The van der Waals surface area contributed by atoms with Gasteiger partial charge in [0.25, 0.3) is 5.91 Å². The van der Waals surface area contributed by atoms with Crippen molar-refractivity contribution in [1.29, 1.82) is 0 Å². The predicted molar refractivity (Wildman–Crippen MR) is 142 cm³/mol. The zero-order valence-corrected chi connectivity index (χ0v) is 20.4. The van der Waals surface area contributed by atoms with Gasteiger partial charge in [0.1, 0.15) is 18.2 Å². The lowest BCUT2D eigenvalue weighted by atomic mass is 9.98. The number of amides is 2. The molecule has 3 N–H and O–H groups in total. The quantitative estimate of drug-likeness (QED) is 0.473. The average molecular weight is 498 g/mol. The van der Waals surface area contributed by atoms with Crippen LogP contribution in [0, 0.1) is 0 Å². The maximum atomic E-state index is 13.5. The Kier molecular flexibility index (Phi) is 7.03. The fraction of sp³-hybridized carbons (Fsp3) is 0.200. The Balaban J connectivity index is 1.27. The number of hydrogen-bond acceptors (Lipinski definition) is 4. The molecule has 6 nitrogen and oxygen atoms in total. The second kappa shape index (κ2) is 10.7. The van der Waals surface area contributed by atoms with Crippen molar-refractivity contribution in [2.75, 3.05) is 24.6 Å². The van der Waals surface area contributed by atoms with Crippen molar-refractivity contribution in [2.24, 2.45) is 5.73 Å². The van der Waals surface area contributed by atoms with Crippen molar-refractivity contribution < 1.29 is 18.7 Å². The number of ether oxygens (including phenoxy) is 1. The molecule has 0 saturated heterocycles. The summed E-state index contributed by atoms with van der Waals surface area (Å²) in [7, 11) is 0. The Labute approximate surface area is 215 Å². The molecular formula is C30H28FN3O3. The van der Waals surface area contributed by atoms with Crippen LogP contribution in [0.15, 0.2) is 90.3 Å². The molecule has 0 aromatic heterocycles. The van der Waals surface area contributed by atoms with E-state index in [0.29, 0.717) is 42.9 Å². The third-order valence-electron chi connectivity index (χ3n) is 6.60. The maximum Gasteiger partial charge on any atom is 0.251 e. The normalized spacial score (nSPS) is 14.7. The third-order valence-corrected chi connectivity index (χ3v) is 6.60. The number of halogens is 1. The van der Waals surface area contributed by atoms with Gasteiger partial charge in [0.2, 0.25) is 5.91 Å². The van der Waals surface area contributed by atoms with Gasteiger partial charge in [-0.3, -0.25) is 9.59 Å². The molecule has 0 radical (unpaired) electrons. The first-order valence-electron chi connectivity index (χ1n) is 12.3. The number of primary amides is 1. The summed E-state index contributed by atoms with van der Waals surface area (Å²) in [6, 6.07) is 20.8. The van der Waals surface area contributed by atoms with Crippen molar-refractivity contribution in [1.82, 2.24) is 5.32 Å². The SMILES string of the molecule is NC(=O)c1ccccc1-c1ccc(CN2CCOc3cc(C(=O)NCC4=CCCC(F)=C4)ccc32)cc1. The van der Waals surface area contributed by atoms with Crippen LogP contribution in [0.1, 0.15) is 39.1 Å². The Morgan fingerprint density at radius 3 is 2.65 bits per heavy atom. The number of fused-ring (bicyclic) bond motifs is 1. The molecule has 0 fully saturated rings. The number of carbonyl (C=O) groups excluding carboxylic acids is 2. The van der Waals surface area contributed by atoms with Crippen LogP contribution in [0.4, 0.5) is 10.1 Å². The number of benzene rings is 3. The van der Waals surface area contributed by atoms with Crippen LogP contribution in [0.3, 0.4) is 0 Å². The lowest BCUT2D eigenvalue weighted by molar-refractivity contribution is 0.0955. The van der Waals surface area contributed by atoms with E-state index in [0.717, 1.165) is 34.5 Å². The number of nitrogens with one attached hydrogen (secondary N) is 1. The van der Waals surface area contributed by atoms with Gasteiger partial charge < -0.3 is 20.7 Å². The maximum absolute atomic E-state index is 13.5. The minimum Gasteiger partial charge on any atom is -0.490 e. The van der Waals surface area contributed by atoms with Crippen LogP contribution in [0.25, 0.3) is 11.1 Å². The monoisotopic (exact) mass is 497 g/mol. The Hall–Kier alpha value is -4.39. The minimum absolute atomic E-state index is 0.154. The van der Waals surface area contributed by atoms with Crippen LogP contribution in [-0.4, -0.2) is 31.5 Å². The first kappa shape index (κ1) is 24.3. The van der Waals surface area contributed by atoms with Crippen LogP contribution >= 0.6 is 0 Å². The van der Waals surface area contributed by atoms with Gasteiger partial charge in [-0.25, -0.2) is 4.39 Å². The van der Waals surface area contributed by atoms with Gasteiger partial charge >= 0.3 is 0 Å². The Morgan fingerprint density at radius 1 is 1.05 bits per heavy atom. The van der Waals surface area contributed by atoms with Gasteiger partial charge in [-0.05, 0) is 59.0 Å². The van der Waals surface area contributed by atoms with Gasteiger partial charge in [-0.2, -0.15) is 0 Å². The molecule has 5 rings (SSSR count). The van der Waals surface area contributed by atoms with E-state index in [1.807, 2.05) is 48.5 Å². The largest absolute Gasteiger partial charge is 0.490 e. The van der Waals surface area contributed by atoms with Gasteiger partial charge in [0, 0.05) is 30.6 Å². The number of carbonyl (C=O) groups is 2. The Bertz CT molecular complexity index is 1400. The van der Waals surface area contributed by atoms with E-state index in [9.17, 15) is 14.0 Å². The first-order chi connectivity index (χ1) is 18.0. The summed E-state index contributed by atoms with van der Waals surface area (Å²) in [5.74, 6) is -0.169. The zero-order valence-electron chi connectivity index (χ0n) is 20.4. The molecule has 1 aliphatic heterocycles. The van der Waals surface area contributed by atoms with Gasteiger partial charge in [0.05, 0.1) is 12.2 Å². The molecule has 0 unspecified atom stereocenters. The smallest absolute Gasteiger partial charge is 0.251 e. The summed E-state index contributed by atoms with van der Waals surface area (Å²) in [6.07, 6.45) is 4.50. The molecule has 3 aromatic rings. The highest BCUT2D eigenvalue weighted by Gasteiger charge is 2.20. The number of nitrogens with two attached hydrogens (primary N) is 1. The summed E-state index contributed by atoms with van der Waals surface area (Å²) < 4.78 is 19.3. The van der Waals surface area contributed by atoms with E-state index in [1.54, 1.807) is 24.3 Å². The highest BCUT2D eigenvalue weighted by atomic mass is 19.1. The second-order valence-electron chi connectivity index (χ2n) is 9.15. The number of anilines is 1. The van der Waals surface area contributed by atoms with E-state index in [2.05, 4.69) is 10.2 Å². The van der Waals surface area contributed by atoms with Crippen molar-refractivity contribution >= 4 is 17.5 Å². The highest BCUT2D eigenvalue weighted by Crippen LogP contribution is 2.34. The lowest BCUT2D eigenvalue weighted by Gasteiger charge is -2.31. The van der Waals surface area contributed by atoms with E-state index < -0.39 is 5.91 Å². The van der Waals surface area contributed by atoms with Crippen LogP contribution in [0.5, 0.6) is 5.75 Å². The molecule has 7 heteroatoms. The van der Waals surface area contributed by atoms with Crippen molar-refractivity contribution in [3.05, 3.63) is 107 Å². The molecule has 0 atom stereocenters. The highest BCUT2D eigenvalue weighted by molar-refractivity contribution is 5.99. The second-order valence-corrected chi connectivity index (χ2v) is 9.15. The molecule has 1 aliphatic carbocycles.